The van der Waals surface area contributed by atoms with Crippen LogP contribution < -0.4 is 9.47 Å². The van der Waals surface area contributed by atoms with Crippen LogP contribution in [0.15, 0.2) is 18.2 Å². The van der Waals surface area contributed by atoms with Crippen LogP contribution in [0.4, 0.5) is 0 Å². The summed E-state index contributed by atoms with van der Waals surface area (Å²) in [5.41, 5.74) is 0.670. The molecule has 3 heteroatoms. The fourth-order valence-corrected chi connectivity index (χ4v) is 3.16. The summed E-state index contributed by atoms with van der Waals surface area (Å²) in [4.78, 5) is 12.5. The van der Waals surface area contributed by atoms with Crippen molar-refractivity contribution in [2.24, 2.45) is 17.8 Å². The van der Waals surface area contributed by atoms with E-state index in [1.807, 2.05) is 12.1 Å². The minimum Gasteiger partial charge on any atom is -0.497 e. The molecule has 1 aromatic carbocycles. The predicted molar refractivity (Wildman–Crippen MR) is 68.2 cm³/mol. The van der Waals surface area contributed by atoms with E-state index >= 15 is 0 Å². The van der Waals surface area contributed by atoms with Gasteiger partial charge in [-0.25, -0.2) is 0 Å². The number of hydrogen-bond donors (Lipinski definition) is 0. The molecule has 0 aromatic heterocycles. The van der Waals surface area contributed by atoms with Gasteiger partial charge in [0, 0.05) is 5.92 Å². The van der Waals surface area contributed by atoms with Crippen LogP contribution in [0, 0.1) is 17.8 Å². The average molecular weight is 246 g/mol. The summed E-state index contributed by atoms with van der Waals surface area (Å²) in [5, 5.41) is 0. The molecule has 0 amide bonds. The Labute approximate surface area is 107 Å². The second-order valence-corrected chi connectivity index (χ2v) is 5.35. The molecule has 2 aliphatic carbocycles. The monoisotopic (exact) mass is 246 g/mol. The lowest BCUT2D eigenvalue weighted by Gasteiger charge is -2.14. The number of hydrogen-bond acceptors (Lipinski definition) is 3. The number of methoxy groups -OCH3 is 2. The van der Waals surface area contributed by atoms with Gasteiger partial charge in [0.15, 0.2) is 5.78 Å². The smallest absolute Gasteiger partial charge is 0.169 e. The molecule has 0 radical (unpaired) electrons. The third kappa shape index (κ3) is 1.88. The lowest BCUT2D eigenvalue weighted by atomic mass is 9.92. The van der Waals surface area contributed by atoms with Crippen molar-refractivity contribution in [1.82, 2.24) is 0 Å². The first-order valence-electron chi connectivity index (χ1n) is 6.49. The third-order valence-electron chi connectivity index (χ3n) is 4.29. The minimum atomic E-state index is 0.190. The van der Waals surface area contributed by atoms with Gasteiger partial charge in [-0.1, -0.05) is 0 Å². The largest absolute Gasteiger partial charge is 0.497 e. The molecular formula is C15H18O3. The number of fused-ring (bicyclic) bond motifs is 1. The van der Waals surface area contributed by atoms with Crippen molar-refractivity contribution in [3.05, 3.63) is 23.8 Å². The van der Waals surface area contributed by atoms with E-state index in [0.29, 0.717) is 17.1 Å². The molecule has 18 heavy (non-hydrogen) atoms. The van der Waals surface area contributed by atoms with Crippen LogP contribution in [-0.4, -0.2) is 20.0 Å². The first-order chi connectivity index (χ1) is 8.72. The minimum absolute atomic E-state index is 0.190. The Balaban J connectivity index is 1.86. The van der Waals surface area contributed by atoms with Crippen molar-refractivity contribution in [2.75, 3.05) is 14.2 Å². The summed E-state index contributed by atoms with van der Waals surface area (Å²) < 4.78 is 10.5. The van der Waals surface area contributed by atoms with Crippen molar-refractivity contribution in [1.29, 1.82) is 0 Å². The van der Waals surface area contributed by atoms with Crippen LogP contribution in [0.2, 0.25) is 0 Å². The highest BCUT2D eigenvalue weighted by atomic mass is 16.5. The Morgan fingerprint density at radius 1 is 1.11 bits per heavy atom. The first-order valence-corrected chi connectivity index (χ1v) is 6.49. The highest BCUT2D eigenvalue weighted by molar-refractivity contribution is 6.01. The molecule has 2 aliphatic rings. The molecule has 0 aliphatic heterocycles. The van der Waals surface area contributed by atoms with Gasteiger partial charge in [0.1, 0.15) is 11.5 Å². The van der Waals surface area contributed by atoms with Crippen LogP contribution in [-0.2, 0) is 0 Å². The number of benzene rings is 1. The van der Waals surface area contributed by atoms with E-state index in [4.69, 9.17) is 9.47 Å². The molecule has 0 heterocycles. The zero-order chi connectivity index (χ0) is 12.7. The van der Waals surface area contributed by atoms with Gasteiger partial charge in [-0.2, -0.15) is 0 Å². The van der Waals surface area contributed by atoms with Crippen molar-refractivity contribution in [3.63, 3.8) is 0 Å². The standard InChI is InChI=1S/C15H18O3/c1-17-12-3-4-14(18-2)13(8-12)15(16)11-6-9-5-10(9)7-11/h3-4,8-11H,5-7H2,1-2H3. The van der Waals surface area contributed by atoms with E-state index in [2.05, 4.69) is 0 Å². The van der Waals surface area contributed by atoms with Crippen LogP contribution in [0.1, 0.15) is 29.6 Å². The summed E-state index contributed by atoms with van der Waals surface area (Å²) >= 11 is 0. The van der Waals surface area contributed by atoms with Gasteiger partial charge in [0.25, 0.3) is 0 Å². The van der Waals surface area contributed by atoms with Gasteiger partial charge in [-0.05, 0) is 49.3 Å². The van der Waals surface area contributed by atoms with Crippen LogP contribution >= 0.6 is 0 Å². The Bertz CT molecular complexity index is 471. The highest BCUT2D eigenvalue weighted by Gasteiger charge is 2.48. The van der Waals surface area contributed by atoms with E-state index in [0.717, 1.165) is 24.7 Å². The van der Waals surface area contributed by atoms with Crippen LogP contribution in [0.3, 0.4) is 0 Å². The Morgan fingerprint density at radius 2 is 1.83 bits per heavy atom. The molecule has 1 aromatic rings. The van der Waals surface area contributed by atoms with E-state index < -0.39 is 0 Å². The normalized spacial score (nSPS) is 28.7. The quantitative estimate of drug-likeness (QED) is 0.766. The molecule has 2 atom stereocenters. The second kappa shape index (κ2) is 4.30. The van der Waals surface area contributed by atoms with Gasteiger partial charge in [-0.3, -0.25) is 4.79 Å². The third-order valence-corrected chi connectivity index (χ3v) is 4.29. The number of carbonyl (C=O) groups is 1. The number of Topliss-reactive ketones (excluding diaryl/α,β-unsaturated/α-hetero) is 1. The Hall–Kier alpha value is -1.51. The fourth-order valence-electron chi connectivity index (χ4n) is 3.16. The molecule has 0 saturated heterocycles. The summed E-state index contributed by atoms with van der Waals surface area (Å²) in [5.74, 6) is 3.41. The summed E-state index contributed by atoms with van der Waals surface area (Å²) in [6, 6.07) is 5.43. The highest BCUT2D eigenvalue weighted by Crippen LogP contribution is 2.55. The zero-order valence-corrected chi connectivity index (χ0v) is 10.8. The molecule has 0 bridgehead atoms. The maximum absolute atomic E-state index is 12.5. The molecule has 0 N–H and O–H groups in total. The fraction of sp³-hybridized carbons (Fsp3) is 0.533. The average Bonchev–Trinajstić information content (AvgIpc) is 3.03. The Kier molecular flexibility index (Phi) is 2.77. The Morgan fingerprint density at radius 3 is 2.44 bits per heavy atom. The van der Waals surface area contributed by atoms with E-state index in [1.165, 1.54) is 6.42 Å². The van der Waals surface area contributed by atoms with Gasteiger partial charge in [-0.15, -0.1) is 0 Å². The number of carbonyl (C=O) groups excluding carboxylic acids is 1. The number of ether oxygens (including phenoxy) is 2. The predicted octanol–water partition coefficient (Wildman–Crippen LogP) is 2.93. The summed E-state index contributed by atoms with van der Waals surface area (Å²) in [6.07, 6.45) is 3.45. The second-order valence-electron chi connectivity index (χ2n) is 5.35. The van der Waals surface area contributed by atoms with Gasteiger partial charge >= 0.3 is 0 Å². The maximum atomic E-state index is 12.5. The maximum Gasteiger partial charge on any atom is 0.169 e. The van der Waals surface area contributed by atoms with Crippen molar-refractivity contribution >= 4 is 5.78 Å². The lowest BCUT2D eigenvalue weighted by molar-refractivity contribution is 0.0911. The van der Waals surface area contributed by atoms with E-state index in [9.17, 15) is 4.79 Å². The molecule has 3 rings (SSSR count). The van der Waals surface area contributed by atoms with Crippen molar-refractivity contribution in [3.8, 4) is 11.5 Å². The molecule has 2 saturated carbocycles. The van der Waals surface area contributed by atoms with Crippen molar-refractivity contribution in [2.45, 2.75) is 19.3 Å². The molecule has 2 fully saturated rings. The van der Waals surface area contributed by atoms with Crippen molar-refractivity contribution < 1.29 is 14.3 Å². The first kappa shape index (κ1) is 11.6. The van der Waals surface area contributed by atoms with E-state index in [1.54, 1.807) is 20.3 Å². The molecule has 3 nitrogen and oxygen atoms in total. The van der Waals surface area contributed by atoms with Gasteiger partial charge in [0.2, 0.25) is 0 Å². The molecular weight excluding hydrogens is 228 g/mol. The molecule has 96 valence electrons. The lowest BCUT2D eigenvalue weighted by Crippen LogP contribution is -2.14. The van der Waals surface area contributed by atoms with E-state index in [-0.39, 0.29) is 11.7 Å². The molecule has 2 unspecified atom stereocenters. The zero-order valence-electron chi connectivity index (χ0n) is 10.8. The van der Waals surface area contributed by atoms with Crippen LogP contribution in [0.25, 0.3) is 0 Å². The topological polar surface area (TPSA) is 35.5 Å². The number of rotatable bonds is 4. The van der Waals surface area contributed by atoms with Crippen LogP contribution in [0.5, 0.6) is 11.5 Å². The van der Waals surface area contributed by atoms with Gasteiger partial charge in [0.05, 0.1) is 19.8 Å². The molecule has 0 spiro atoms. The summed E-state index contributed by atoms with van der Waals surface area (Å²) in [6.45, 7) is 0. The number of ketones is 1. The SMILES string of the molecule is COc1ccc(OC)c(C(=O)C2CC3CC3C2)c1. The van der Waals surface area contributed by atoms with Gasteiger partial charge < -0.3 is 9.47 Å². The summed E-state index contributed by atoms with van der Waals surface area (Å²) in [7, 11) is 3.21.